The van der Waals surface area contributed by atoms with Crippen LogP contribution in [0.3, 0.4) is 0 Å². The van der Waals surface area contributed by atoms with E-state index in [-0.39, 0.29) is 25.0 Å². The molecule has 0 saturated heterocycles. The molecular weight excluding hydrogens is 464 g/mol. The highest BCUT2D eigenvalue weighted by atomic mass is 35.5. The van der Waals surface area contributed by atoms with E-state index in [1.165, 1.54) is 24.8 Å². The van der Waals surface area contributed by atoms with E-state index < -0.39 is 0 Å². The highest BCUT2D eigenvalue weighted by Gasteiger charge is 2.08. The van der Waals surface area contributed by atoms with E-state index in [4.69, 9.17) is 27.9 Å². The molecule has 0 bridgehead atoms. The number of benzene rings is 1. The minimum Gasteiger partial charge on any atom is -0.403 e. The van der Waals surface area contributed by atoms with Crippen molar-refractivity contribution in [3.8, 4) is 0 Å². The van der Waals surface area contributed by atoms with Crippen molar-refractivity contribution in [3.05, 3.63) is 52.9 Å². The van der Waals surface area contributed by atoms with Crippen molar-refractivity contribution in [1.29, 1.82) is 5.41 Å². The molecule has 2 rings (SSSR count). The fraction of sp³-hybridized carbons (Fsp3) is 0.286. The third-order valence-corrected chi connectivity index (χ3v) is 5.16. The Bertz CT molecular complexity index is 986. The number of nitrogens with zero attached hydrogens (tertiary/aromatic N) is 3. The molecule has 1 aromatic heterocycles. The Morgan fingerprint density at radius 1 is 1.36 bits per heavy atom. The maximum absolute atomic E-state index is 12.1. The molecule has 12 heteroatoms. The molecule has 2 aromatic rings. The Morgan fingerprint density at radius 2 is 2.21 bits per heavy atom. The maximum atomic E-state index is 12.1. The number of aliphatic hydroxyl groups excluding tert-OH is 1. The van der Waals surface area contributed by atoms with Crippen molar-refractivity contribution in [1.82, 2.24) is 9.97 Å². The number of amides is 1. The van der Waals surface area contributed by atoms with E-state index in [0.717, 1.165) is 5.56 Å². The number of carbonyl (C=O) groups excluding carboxylic acids is 1. The zero-order chi connectivity index (χ0) is 23.9. The molecule has 0 aliphatic heterocycles. The van der Waals surface area contributed by atoms with E-state index in [1.54, 1.807) is 11.8 Å². The molecule has 0 unspecified atom stereocenters. The average molecular weight is 491 g/mol. The van der Waals surface area contributed by atoms with Gasteiger partial charge in [-0.15, -0.1) is 0 Å². The van der Waals surface area contributed by atoms with Crippen molar-refractivity contribution in [2.45, 2.75) is 13.0 Å². The van der Waals surface area contributed by atoms with Gasteiger partial charge in [-0.1, -0.05) is 23.7 Å². The molecule has 0 saturated carbocycles. The molecule has 0 radical (unpaired) electrons. The number of aliphatic hydroxyl groups is 1. The molecule has 1 heterocycles. The summed E-state index contributed by atoms with van der Waals surface area (Å²) >= 11 is 7.77. The molecule has 7 N–H and O–H groups in total. The largest absolute Gasteiger partial charge is 0.403 e. The van der Waals surface area contributed by atoms with E-state index in [0.29, 0.717) is 46.7 Å². The summed E-state index contributed by atoms with van der Waals surface area (Å²) in [4.78, 5) is 24.6. The van der Waals surface area contributed by atoms with Crippen molar-refractivity contribution in [2.75, 3.05) is 40.6 Å². The van der Waals surface area contributed by atoms with Crippen molar-refractivity contribution in [2.24, 2.45) is 10.7 Å². The normalized spacial score (nSPS) is 11.4. The van der Waals surface area contributed by atoms with Gasteiger partial charge in [0.15, 0.2) is 5.82 Å². The number of allylic oxidation sites excluding steroid dienone is 1. The molecule has 0 atom stereocenters. The molecule has 0 fully saturated rings. The van der Waals surface area contributed by atoms with Crippen LogP contribution in [-0.2, 0) is 11.3 Å². The number of aliphatic imine (C=N–C) groups is 1. The third kappa shape index (κ3) is 9.89. The second-order valence-electron chi connectivity index (χ2n) is 6.53. The Hall–Kier alpha value is -3.15. The van der Waals surface area contributed by atoms with E-state index in [9.17, 15) is 4.79 Å². The van der Waals surface area contributed by atoms with Gasteiger partial charge in [0.1, 0.15) is 5.02 Å². The predicted octanol–water partition coefficient (Wildman–Crippen LogP) is 2.73. The molecule has 10 nitrogen and oxygen atoms in total. The topological polar surface area (TPSA) is 161 Å². The summed E-state index contributed by atoms with van der Waals surface area (Å²) in [6.45, 7) is 0.624. The lowest BCUT2D eigenvalue weighted by Gasteiger charge is -2.11. The second kappa shape index (κ2) is 14.8. The van der Waals surface area contributed by atoms with Gasteiger partial charge in [0.2, 0.25) is 11.9 Å². The number of halogens is 1. The third-order valence-electron chi connectivity index (χ3n) is 3.98. The zero-order valence-corrected chi connectivity index (χ0v) is 19.5. The van der Waals surface area contributed by atoms with Gasteiger partial charge in [0.05, 0.1) is 25.0 Å². The smallest absolute Gasteiger partial charge is 0.229 e. The quantitative estimate of drug-likeness (QED) is 0.174. The highest BCUT2D eigenvalue weighted by Crippen LogP contribution is 2.21. The minimum atomic E-state index is -0.0709. The number of hydrogen-bond acceptors (Lipinski definition) is 10. The first-order chi connectivity index (χ1) is 16.0. The van der Waals surface area contributed by atoms with Crippen molar-refractivity contribution < 1.29 is 9.90 Å². The fourth-order valence-electron chi connectivity index (χ4n) is 2.49. The van der Waals surface area contributed by atoms with Crippen LogP contribution < -0.4 is 21.7 Å². The van der Waals surface area contributed by atoms with Crippen LogP contribution in [-0.4, -0.2) is 58.1 Å². The van der Waals surface area contributed by atoms with E-state index in [1.807, 2.05) is 24.3 Å². The lowest BCUT2D eigenvalue weighted by molar-refractivity contribution is -0.115. The van der Waals surface area contributed by atoms with E-state index >= 15 is 0 Å². The molecule has 0 aliphatic carbocycles. The lowest BCUT2D eigenvalue weighted by Crippen LogP contribution is -2.13. The number of hydrogen-bond donors (Lipinski definition) is 6. The summed E-state index contributed by atoms with van der Waals surface area (Å²) in [6.07, 6.45) is 5.97. The van der Waals surface area contributed by atoms with Gasteiger partial charge in [0.25, 0.3) is 0 Å². The summed E-state index contributed by atoms with van der Waals surface area (Å²) < 4.78 is 0. The van der Waals surface area contributed by atoms with E-state index in [2.05, 4.69) is 30.9 Å². The summed E-state index contributed by atoms with van der Waals surface area (Å²) in [5, 5.41) is 25.1. The Labute approximate surface area is 201 Å². The molecule has 1 aromatic carbocycles. The van der Waals surface area contributed by atoms with Gasteiger partial charge in [-0.2, -0.15) is 16.7 Å². The first-order valence-corrected chi connectivity index (χ1v) is 11.6. The van der Waals surface area contributed by atoms with Gasteiger partial charge in [-0.3, -0.25) is 9.79 Å². The van der Waals surface area contributed by atoms with Gasteiger partial charge in [-0.05, 0) is 17.7 Å². The standard InChI is InChI=1S/C21H27ClN8O2S/c22-18-14-27-21(29-17(11-24)13-25-6-7-31)30-20(18)26-12-15-2-1-3-16(10-15)28-19(32)4-8-33-9-5-23/h1-3,5,10-11,13-14,23,31H,4,6-9,12,24H2,(H,28,32)(H2,26,27,29,30). The first kappa shape index (κ1) is 26.1. The number of carbonyl (C=O) groups is 1. The molecule has 33 heavy (non-hydrogen) atoms. The number of thioether (sulfide) groups is 1. The summed E-state index contributed by atoms with van der Waals surface area (Å²) in [7, 11) is 0. The van der Waals surface area contributed by atoms with Gasteiger partial charge in [-0.25, -0.2) is 4.98 Å². The summed E-state index contributed by atoms with van der Waals surface area (Å²) in [6, 6.07) is 7.47. The van der Waals surface area contributed by atoms with Gasteiger partial charge in [0, 0.05) is 48.8 Å². The lowest BCUT2D eigenvalue weighted by atomic mass is 10.2. The van der Waals surface area contributed by atoms with Gasteiger partial charge >= 0.3 is 0 Å². The monoisotopic (exact) mass is 490 g/mol. The Balaban J connectivity index is 1.96. The molecule has 176 valence electrons. The van der Waals surface area contributed by atoms with Crippen molar-refractivity contribution in [3.63, 3.8) is 0 Å². The predicted molar refractivity (Wildman–Crippen MR) is 137 cm³/mol. The number of nitrogens with two attached hydrogens (primary N) is 1. The summed E-state index contributed by atoms with van der Waals surface area (Å²) in [5.41, 5.74) is 7.67. The number of nitrogens with one attached hydrogen (secondary N) is 4. The van der Waals surface area contributed by atoms with Crippen LogP contribution in [0.15, 0.2) is 47.4 Å². The SMILES string of the molecule is N=CCSCCC(=O)Nc1cccc(CNc2nc(NC(C=NCCO)=CN)ncc2Cl)c1. The first-order valence-electron chi connectivity index (χ1n) is 10.1. The van der Waals surface area contributed by atoms with Crippen LogP contribution in [0.5, 0.6) is 0 Å². The van der Waals surface area contributed by atoms with Crippen molar-refractivity contribution >= 4 is 59.2 Å². The molecule has 0 spiro atoms. The minimum absolute atomic E-state index is 0.0601. The highest BCUT2D eigenvalue weighted by molar-refractivity contribution is 7.99. The Kier molecular flexibility index (Phi) is 11.7. The second-order valence-corrected chi connectivity index (χ2v) is 8.08. The molecule has 1 amide bonds. The van der Waals surface area contributed by atoms with Gasteiger partial charge < -0.3 is 32.2 Å². The van der Waals surface area contributed by atoms with Crippen LogP contribution in [0.1, 0.15) is 12.0 Å². The zero-order valence-electron chi connectivity index (χ0n) is 17.9. The van der Waals surface area contributed by atoms with Crippen LogP contribution in [0.4, 0.5) is 17.5 Å². The number of anilines is 3. The van der Waals surface area contributed by atoms with Crippen LogP contribution in [0.25, 0.3) is 0 Å². The average Bonchev–Trinajstić information content (AvgIpc) is 2.82. The molecule has 0 aliphatic rings. The molecular formula is C21H27ClN8O2S. The maximum Gasteiger partial charge on any atom is 0.229 e. The number of rotatable bonds is 14. The van der Waals surface area contributed by atoms with Crippen LogP contribution in [0, 0.1) is 5.41 Å². The Morgan fingerprint density at radius 3 is 2.97 bits per heavy atom. The van der Waals surface area contributed by atoms with Crippen LogP contribution >= 0.6 is 23.4 Å². The fourth-order valence-corrected chi connectivity index (χ4v) is 3.27. The number of aromatic nitrogens is 2. The van der Waals surface area contributed by atoms with Crippen LogP contribution in [0.2, 0.25) is 5.02 Å². The summed E-state index contributed by atoms with van der Waals surface area (Å²) in [5.74, 6) is 1.91.